The Morgan fingerprint density at radius 3 is 2.32 bits per heavy atom. The third-order valence-corrected chi connectivity index (χ3v) is 4.05. The highest BCUT2D eigenvalue weighted by atomic mass is 32.1. The zero-order chi connectivity index (χ0) is 16.3. The minimum Gasteiger partial charge on any atom is -0.360 e. The molecule has 2 heterocycles. The van der Waals surface area contributed by atoms with Gasteiger partial charge in [0.15, 0.2) is 5.11 Å². The second-order valence-corrected chi connectivity index (χ2v) is 6.85. The van der Waals surface area contributed by atoms with E-state index in [0.29, 0.717) is 12.0 Å². The van der Waals surface area contributed by atoms with Gasteiger partial charge in [-0.3, -0.25) is 0 Å². The smallest absolute Gasteiger partial charge is 0.169 e. The van der Waals surface area contributed by atoms with Gasteiger partial charge in [0.05, 0.1) is 0 Å². The molecule has 1 aliphatic rings. The number of nitrogens with zero attached hydrogens (tertiary/aromatic N) is 4. The summed E-state index contributed by atoms with van der Waals surface area (Å²) in [5.74, 6) is 2.32. The molecule has 5 nitrogen and oxygen atoms in total. The molecule has 0 bridgehead atoms. The van der Waals surface area contributed by atoms with Crippen molar-refractivity contribution >= 4 is 23.1 Å². The summed E-state index contributed by atoms with van der Waals surface area (Å²) >= 11 is 5.45. The van der Waals surface area contributed by atoms with Gasteiger partial charge in [0.25, 0.3) is 0 Å². The van der Waals surface area contributed by atoms with Crippen LogP contribution in [0.15, 0.2) is 6.07 Å². The first-order valence-electron chi connectivity index (χ1n) is 8.02. The van der Waals surface area contributed by atoms with Crippen LogP contribution in [-0.4, -0.2) is 52.2 Å². The molecule has 6 heteroatoms. The molecule has 0 unspecified atom stereocenters. The van der Waals surface area contributed by atoms with Gasteiger partial charge in [-0.15, -0.1) is 0 Å². The first-order chi connectivity index (χ1) is 10.4. The minimum absolute atomic E-state index is 0.350. The van der Waals surface area contributed by atoms with Crippen molar-refractivity contribution in [2.45, 2.75) is 46.6 Å². The molecule has 1 fully saturated rings. The predicted octanol–water partition coefficient (Wildman–Crippen LogP) is 2.31. The van der Waals surface area contributed by atoms with Gasteiger partial charge >= 0.3 is 0 Å². The summed E-state index contributed by atoms with van der Waals surface area (Å²) in [5.41, 5.74) is 1.04. The van der Waals surface area contributed by atoms with Crippen LogP contribution in [0, 0.1) is 6.92 Å². The fourth-order valence-electron chi connectivity index (χ4n) is 2.47. The molecule has 22 heavy (non-hydrogen) atoms. The lowest BCUT2D eigenvalue weighted by molar-refractivity contribution is 0.375. The van der Waals surface area contributed by atoms with Crippen molar-refractivity contribution in [3.8, 4) is 0 Å². The molecule has 0 atom stereocenters. The van der Waals surface area contributed by atoms with E-state index in [0.717, 1.165) is 48.6 Å². The van der Waals surface area contributed by atoms with E-state index >= 15 is 0 Å². The number of anilines is 1. The normalized spacial score (nSPS) is 15.6. The molecule has 2 rings (SSSR count). The van der Waals surface area contributed by atoms with Crippen molar-refractivity contribution in [1.82, 2.24) is 20.2 Å². The van der Waals surface area contributed by atoms with Gasteiger partial charge in [-0.1, -0.05) is 13.8 Å². The van der Waals surface area contributed by atoms with Crippen LogP contribution in [0.4, 0.5) is 5.82 Å². The minimum atomic E-state index is 0.350. The van der Waals surface area contributed by atoms with Crippen LogP contribution in [0.2, 0.25) is 0 Å². The Bertz CT molecular complexity index is 521. The number of hydrogen-bond donors (Lipinski definition) is 1. The standard InChI is InChI=1S/C16H27N5S/c1-11(2)15-18-13(5)10-14(19-15)20-6-8-21(9-7-20)16(22)17-12(3)4/h10-12H,6-9H2,1-5H3,(H,17,22). The van der Waals surface area contributed by atoms with E-state index in [-0.39, 0.29) is 0 Å². The Morgan fingerprint density at radius 2 is 1.77 bits per heavy atom. The highest BCUT2D eigenvalue weighted by Crippen LogP contribution is 2.18. The number of thiocarbonyl (C=S) groups is 1. The molecule has 1 aromatic heterocycles. The van der Waals surface area contributed by atoms with Gasteiger partial charge in [-0.2, -0.15) is 0 Å². The van der Waals surface area contributed by atoms with Crippen molar-refractivity contribution in [2.24, 2.45) is 0 Å². The molecule has 1 N–H and O–H groups in total. The summed E-state index contributed by atoms with van der Waals surface area (Å²) in [5, 5.41) is 4.17. The van der Waals surface area contributed by atoms with Crippen molar-refractivity contribution in [1.29, 1.82) is 0 Å². The summed E-state index contributed by atoms with van der Waals surface area (Å²) in [7, 11) is 0. The first-order valence-corrected chi connectivity index (χ1v) is 8.43. The lowest BCUT2D eigenvalue weighted by Gasteiger charge is -2.37. The fraction of sp³-hybridized carbons (Fsp3) is 0.688. The zero-order valence-electron chi connectivity index (χ0n) is 14.3. The second kappa shape index (κ2) is 7.22. The maximum absolute atomic E-state index is 5.45. The van der Waals surface area contributed by atoms with Gasteiger partial charge < -0.3 is 15.1 Å². The van der Waals surface area contributed by atoms with Gasteiger partial charge in [0.1, 0.15) is 11.6 Å². The molecule has 1 aliphatic heterocycles. The maximum atomic E-state index is 5.45. The Morgan fingerprint density at radius 1 is 1.14 bits per heavy atom. The topological polar surface area (TPSA) is 44.3 Å². The Labute approximate surface area is 139 Å². The third-order valence-electron chi connectivity index (χ3n) is 3.68. The van der Waals surface area contributed by atoms with E-state index in [1.165, 1.54) is 0 Å². The van der Waals surface area contributed by atoms with Crippen LogP contribution in [0.3, 0.4) is 0 Å². The van der Waals surface area contributed by atoms with E-state index < -0.39 is 0 Å². The van der Waals surface area contributed by atoms with E-state index in [4.69, 9.17) is 17.2 Å². The molecule has 0 radical (unpaired) electrons. The van der Waals surface area contributed by atoms with Crippen molar-refractivity contribution in [3.05, 3.63) is 17.6 Å². The number of piperazine rings is 1. The molecule has 122 valence electrons. The lowest BCUT2D eigenvalue weighted by atomic mass is 10.2. The van der Waals surface area contributed by atoms with E-state index in [1.54, 1.807) is 0 Å². The summed E-state index contributed by atoms with van der Waals surface area (Å²) < 4.78 is 0. The van der Waals surface area contributed by atoms with E-state index in [9.17, 15) is 0 Å². The SMILES string of the molecule is Cc1cc(N2CCN(C(=S)NC(C)C)CC2)nc(C(C)C)n1. The highest BCUT2D eigenvalue weighted by Gasteiger charge is 2.21. The van der Waals surface area contributed by atoms with Crippen LogP contribution in [0.1, 0.15) is 45.1 Å². The van der Waals surface area contributed by atoms with Crippen LogP contribution < -0.4 is 10.2 Å². The van der Waals surface area contributed by atoms with Crippen LogP contribution in [0.25, 0.3) is 0 Å². The number of rotatable bonds is 3. The monoisotopic (exact) mass is 321 g/mol. The summed E-state index contributed by atoms with van der Waals surface area (Å²) in [6.07, 6.45) is 0. The lowest BCUT2D eigenvalue weighted by Crippen LogP contribution is -2.53. The van der Waals surface area contributed by atoms with Gasteiger partial charge in [0, 0.05) is 49.9 Å². The number of aryl methyl sites for hydroxylation is 1. The van der Waals surface area contributed by atoms with E-state index in [2.05, 4.69) is 53.9 Å². The van der Waals surface area contributed by atoms with Gasteiger partial charge in [-0.05, 0) is 33.0 Å². The summed E-state index contributed by atoms with van der Waals surface area (Å²) in [6.45, 7) is 14.3. The maximum Gasteiger partial charge on any atom is 0.169 e. The van der Waals surface area contributed by atoms with Crippen molar-refractivity contribution < 1.29 is 0 Å². The fourth-order valence-corrected chi connectivity index (χ4v) is 2.89. The molecular formula is C16H27N5S. The Kier molecular flexibility index (Phi) is 5.56. The summed E-state index contributed by atoms with van der Waals surface area (Å²) in [4.78, 5) is 13.8. The largest absolute Gasteiger partial charge is 0.360 e. The Hall–Kier alpha value is -1.43. The molecule has 1 aromatic rings. The van der Waals surface area contributed by atoms with Crippen LogP contribution >= 0.6 is 12.2 Å². The number of aromatic nitrogens is 2. The summed E-state index contributed by atoms with van der Waals surface area (Å²) in [6, 6.07) is 2.45. The molecule has 0 aliphatic carbocycles. The quantitative estimate of drug-likeness (QED) is 0.862. The molecule has 0 aromatic carbocycles. The Balaban J connectivity index is 2.01. The molecule has 0 amide bonds. The third kappa shape index (κ3) is 4.29. The van der Waals surface area contributed by atoms with Crippen LogP contribution in [0.5, 0.6) is 0 Å². The first kappa shape index (κ1) is 16.9. The van der Waals surface area contributed by atoms with Gasteiger partial charge in [0.2, 0.25) is 0 Å². The number of nitrogens with one attached hydrogen (secondary N) is 1. The van der Waals surface area contributed by atoms with E-state index in [1.807, 2.05) is 6.92 Å². The van der Waals surface area contributed by atoms with Crippen LogP contribution in [-0.2, 0) is 0 Å². The van der Waals surface area contributed by atoms with Crippen molar-refractivity contribution in [2.75, 3.05) is 31.1 Å². The highest BCUT2D eigenvalue weighted by molar-refractivity contribution is 7.80. The molecule has 1 saturated heterocycles. The zero-order valence-corrected chi connectivity index (χ0v) is 15.1. The van der Waals surface area contributed by atoms with Gasteiger partial charge in [-0.25, -0.2) is 9.97 Å². The average Bonchev–Trinajstić information content (AvgIpc) is 2.46. The molecule has 0 spiro atoms. The molecular weight excluding hydrogens is 294 g/mol. The number of hydrogen-bond acceptors (Lipinski definition) is 4. The molecule has 0 saturated carbocycles. The second-order valence-electron chi connectivity index (χ2n) is 6.46. The van der Waals surface area contributed by atoms with Crippen molar-refractivity contribution in [3.63, 3.8) is 0 Å². The predicted molar refractivity (Wildman–Crippen MR) is 95.5 cm³/mol. The average molecular weight is 321 g/mol.